The summed E-state index contributed by atoms with van der Waals surface area (Å²) in [5, 5.41) is 8.78. The van der Waals surface area contributed by atoms with Crippen molar-refractivity contribution in [3.8, 4) is 0 Å². The summed E-state index contributed by atoms with van der Waals surface area (Å²) in [4.78, 5) is 15.1. The van der Waals surface area contributed by atoms with Crippen molar-refractivity contribution in [1.82, 2.24) is 4.48 Å². The zero-order valence-corrected chi connectivity index (χ0v) is 15.6. The van der Waals surface area contributed by atoms with Crippen LogP contribution in [0.4, 0.5) is 8.63 Å². The molecule has 0 unspecified atom stereocenters. The number of carbonyl (C=O) groups is 1. The van der Waals surface area contributed by atoms with Crippen LogP contribution in [-0.4, -0.2) is 28.7 Å². The highest BCUT2D eigenvalue weighted by Crippen LogP contribution is 2.20. The fourth-order valence-electron chi connectivity index (χ4n) is 2.91. The van der Waals surface area contributed by atoms with Gasteiger partial charge in [0.25, 0.3) is 0 Å². The average Bonchev–Trinajstić information content (AvgIpc) is 3.31. The van der Waals surface area contributed by atoms with E-state index in [-0.39, 0.29) is 24.2 Å². The number of aliphatic imine (C=N–C) groups is 1. The van der Waals surface area contributed by atoms with Crippen LogP contribution in [0.5, 0.6) is 0 Å². The van der Waals surface area contributed by atoms with Gasteiger partial charge in [-0.05, 0) is 48.4 Å². The van der Waals surface area contributed by atoms with Crippen molar-refractivity contribution >= 4 is 31.2 Å². The van der Waals surface area contributed by atoms with E-state index in [4.69, 9.17) is 5.11 Å². The van der Waals surface area contributed by atoms with E-state index in [0.29, 0.717) is 5.70 Å². The molecule has 2 heterocycles. The molecular weight excluding hydrogens is 373 g/mol. The van der Waals surface area contributed by atoms with Gasteiger partial charge in [0, 0.05) is 11.4 Å². The normalized spacial score (nSPS) is 15.0. The fraction of sp³-hybridized carbons (Fsp3) is 0.0909. The maximum Gasteiger partial charge on any atom is 0.677 e. The molecule has 1 aliphatic rings. The van der Waals surface area contributed by atoms with E-state index in [0.717, 1.165) is 15.8 Å². The monoisotopic (exact) mass is 392 g/mol. The van der Waals surface area contributed by atoms with Crippen LogP contribution >= 0.6 is 0 Å². The number of carboxylic acid groups (broad SMARTS) is 1. The van der Waals surface area contributed by atoms with Crippen molar-refractivity contribution in [3.63, 3.8) is 0 Å². The number of rotatable bonds is 8. The number of aliphatic carboxylic acids is 1. The van der Waals surface area contributed by atoms with Crippen LogP contribution in [0.15, 0.2) is 83.5 Å². The number of benzene rings is 1. The lowest BCUT2D eigenvalue weighted by atomic mass is 10.1. The Labute approximate surface area is 168 Å². The quantitative estimate of drug-likeness (QED) is 0.513. The summed E-state index contributed by atoms with van der Waals surface area (Å²) >= 11 is 0. The fourth-order valence-corrected chi connectivity index (χ4v) is 2.91. The minimum absolute atomic E-state index is 0.0453. The van der Waals surface area contributed by atoms with Crippen LogP contribution in [0.2, 0.25) is 0 Å². The third kappa shape index (κ3) is 5.75. The molecule has 0 aliphatic carbocycles. The Morgan fingerprint density at radius 2 is 1.83 bits per heavy atom. The Balaban J connectivity index is 1.71. The number of allylic oxidation sites excluding steroid dienone is 5. The molecule has 0 saturated carbocycles. The lowest BCUT2D eigenvalue weighted by Gasteiger charge is -2.07. The second-order valence-electron chi connectivity index (χ2n) is 6.36. The largest absolute Gasteiger partial charge is 0.677 e. The van der Waals surface area contributed by atoms with Gasteiger partial charge in [-0.1, -0.05) is 48.6 Å². The third-order valence-electron chi connectivity index (χ3n) is 4.27. The molecule has 146 valence electrons. The molecule has 1 N–H and O–H groups in total. The number of aryl methyl sites for hydroxylation is 1. The summed E-state index contributed by atoms with van der Waals surface area (Å²) in [6, 6.07) is 13.0. The number of hydrogen-bond acceptors (Lipinski definition) is 2. The highest BCUT2D eigenvalue weighted by atomic mass is 19.2. The van der Waals surface area contributed by atoms with Crippen LogP contribution in [0, 0.1) is 0 Å². The molecule has 0 saturated heterocycles. The Hall–Kier alpha value is -3.48. The van der Waals surface area contributed by atoms with Crippen LogP contribution in [0.3, 0.4) is 0 Å². The first-order valence-electron chi connectivity index (χ1n) is 9.11. The van der Waals surface area contributed by atoms with E-state index in [2.05, 4.69) is 4.99 Å². The van der Waals surface area contributed by atoms with Gasteiger partial charge < -0.3 is 9.58 Å². The van der Waals surface area contributed by atoms with Gasteiger partial charge in [0.15, 0.2) is 0 Å². The molecular formula is C22H19BF2N2O2. The Bertz CT molecular complexity index is 1020. The molecule has 3 rings (SSSR count). The van der Waals surface area contributed by atoms with Gasteiger partial charge in [-0.25, -0.2) is 4.99 Å². The van der Waals surface area contributed by atoms with Crippen LogP contribution in [-0.2, 0) is 11.2 Å². The highest BCUT2D eigenvalue weighted by Gasteiger charge is 2.23. The van der Waals surface area contributed by atoms with E-state index in [9.17, 15) is 13.4 Å². The molecule has 1 aliphatic heterocycles. The number of halogens is 2. The predicted octanol–water partition coefficient (Wildman–Crippen LogP) is 4.90. The van der Waals surface area contributed by atoms with Crippen LogP contribution in [0.1, 0.15) is 23.4 Å². The first kappa shape index (κ1) is 20.3. The molecule has 0 spiro atoms. The standard InChI is InChI=1S/C22H19BF2N2O2/c24-23(25)27-20(14-15-22(28)29)12-13-21(27)16-19-11-10-18(26-19)9-5-4-8-17-6-2-1-3-7-17/h1-13,16H,14-15H2,(H,28,29)/b8-4+,9-5+,19-16-. The summed E-state index contributed by atoms with van der Waals surface area (Å²) < 4.78 is 27.8. The molecule has 4 nitrogen and oxygen atoms in total. The van der Waals surface area contributed by atoms with Gasteiger partial charge in [-0.3, -0.25) is 13.4 Å². The second kappa shape index (κ2) is 9.64. The van der Waals surface area contributed by atoms with Crippen LogP contribution < -0.4 is 0 Å². The minimum Gasteiger partial charge on any atom is -0.481 e. The number of carboxylic acids is 1. The van der Waals surface area contributed by atoms with Gasteiger partial charge in [-0.15, -0.1) is 0 Å². The zero-order chi connectivity index (χ0) is 20.6. The molecule has 0 radical (unpaired) electrons. The molecule has 29 heavy (non-hydrogen) atoms. The van der Waals surface area contributed by atoms with E-state index in [1.54, 1.807) is 24.3 Å². The Kier molecular flexibility index (Phi) is 6.74. The summed E-state index contributed by atoms with van der Waals surface area (Å²) in [6.07, 6.45) is 12.5. The van der Waals surface area contributed by atoms with Crippen molar-refractivity contribution in [1.29, 1.82) is 0 Å². The summed E-state index contributed by atoms with van der Waals surface area (Å²) in [6.45, 7) is 0. The molecule has 0 atom stereocenters. The molecule has 1 aromatic carbocycles. The number of nitrogens with zero attached hydrogens (tertiary/aromatic N) is 2. The lowest BCUT2D eigenvalue weighted by Crippen LogP contribution is -2.18. The first-order chi connectivity index (χ1) is 14.0. The maximum atomic E-state index is 13.5. The van der Waals surface area contributed by atoms with E-state index >= 15 is 0 Å². The second-order valence-corrected chi connectivity index (χ2v) is 6.36. The smallest absolute Gasteiger partial charge is 0.481 e. The lowest BCUT2D eigenvalue weighted by molar-refractivity contribution is -0.136. The van der Waals surface area contributed by atoms with Gasteiger partial charge in [0.2, 0.25) is 0 Å². The van der Waals surface area contributed by atoms with Crippen LogP contribution in [0.25, 0.3) is 12.2 Å². The van der Waals surface area contributed by atoms with Crippen molar-refractivity contribution < 1.29 is 18.5 Å². The minimum atomic E-state index is -2.75. The zero-order valence-electron chi connectivity index (χ0n) is 15.6. The Morgan fingerprint density at radius 1 is 1.07 bits per heavy atom. The molecule has 0 fully saturated rings. The summed E-state index contributed by atoms with van der Waals surface area (Å²) in [5.74, 6) is -1.02. The van der Waals surface area contributed by atoms with E-state index in [1.165, 1.54) is 6.07 Å². The number of aromatic nitrogens is 1. The SMILES string of the molecule is O=C(O)CCc1ccc(/C=C2/C=CC(/C=C/C=C/c3ccccc3)=N2)n1B(F)F. The predicted molar refractivity (Wildman–Crippen MR) is 113 cm³/mol. The highest BCUT2D eigenvalue weighted by molar-refractivity contribution is 6.41. The van der Waals surface area contributed by atoms with Crippen molar-refractivity contribution in [2.45, 2.75) is 12.8 Å². The summed E-state index contributed by atoms with van der Waals surface area (Å²) in [7, 11) is -2.75. The summed E-state index contributed by atoms with van der Waals surface area (Å²) in [5.41, 5.74) is 2.94. The average molecular weight is 392 g/mol. The van der Waals surface area contributed by atoms with Gasteiger partial charge >= 0.3 is 13.4 Å². The molecule has 1 aromatic heterocycles. The van der Waals surface area contributed by atoms with E-state index in [1.807, 2.05) is 54.6 Å². The van der Waals surface area contributed by atoms with E-state index < -0.39 is 13.4 Å². The van der Waals surface area contributed by atoms with Crippen molar-refractivity contribution in [2.75, 3.05) is 0 Å². The van der Waals surface area contributed by atoms with Gasteiger partial charge in [0.05, 0.1) is 17.8 Å². The van der Waals surface area contributed by atoms with Gasteiger partial charge in [0.1, 0.15) is 0 Å². The topological polar surface area (TPSA) is 54.6 Å². The molecule has 2 aromatic rings. The molecule has 0 bridgehead atoms. The van der Waals surface area contributed by atoms with Crippen molar-refractivity contribution in [3.05, 3.63) is 95.5 Å². The maximum absolute atomic E-state index is 13.5. The van der Waals surface area contributed by atoms with Crippen molar-refractivity contribution in [2.24, 2.45) is 4.99 Å². The third-order valence-corrected chi connectivity index (χ3v) is 4.27. The number of hydrogen-bond donors (Lipinski definition) is 1. The first-order valence-corrected chi connectivity index (χ1v) is 9.11. The molecule has 0 amide bonds. The Morgan fingerprint density at radius 3 is 2.55 bits per heavy atom. The molecule has 7 heteroatoms. The van der Waals surface area contributed by atoms with Gasteiger partial charge in [-0.2, -0.15) is 0 Å².